The van der Waals surface area contributed by atoms with Crippen molar-refractivity contribution in [2.75, 3.05) is 0 Å². The van der Waals surface area contributed by atoms with Gasteiger partial charge in [0.05, 0.1) is 0 Å². The average Bonchev–Trinajstić information content (AvgIpc) is 2.03. The Morgan fingerprint density at radius 1 is 0.923 bits per heavy atom. The third-order valence-electron chi connectivity index (χ3n) is 2.35. The second kappa shape index (κ2) is 4.00. The molecule has 0 aliphatic rings. The van der Waals surface area contributed by atoms with Gasteiger partial charge in [0.1, 0.15) is 7.85 Å². The van der Waals surface area contributed by atoms with Gasteiger partial charge >= 0.3 is 0 Å². The molecule has 2 radical (unpaired) electrons. The molecule has 13 heavy (non-hydrogen) atoms. The molecule has 1 rings (SSSR count). The van der Waals surface area contributed by atoms with E-state index in [2.05, 4.69) is 39.8 Å². The first-order chi connectivity index (χ1) is 6.02. The van der Waals surface area contributed by atoms with E-state index in [1.807, 2.05) is 6.07 Å². The minimum Gasteiger partial charge on any atom is -0.0964 e. The summed E-state index contributed by atoms with van der Waals surface area (Å²) in [5.41, 5.74) is 3.67. The first-order valence-corrected chi connectivity index (χ1v) is 4.91. The van der Waals surface area contributed by atoms with Crippen molar-refractivity contribution in [2.45, 2.75) is 39.5 Å². The smallest absolute Gasteiger partial charge is 0.0964 e. The van der Waals surface area contributed by atoms with E-state index in [0.29, 0.717) is 11.8 Å². The number of hydrogen-bond acceptors (Lipinski definition) is 0. The molecule has 0 heterocycles. The molecule has 0 nitrogen and oxygen atoms in total. The maximum atomic E-state index is 5.77. The molecule has 0 aliphatic heterocycles. The summed E-state index contributed by atoms with van der Waals surface area (Å²) in [5, 5.41) is 0. The van der Waals surface area contributed by atoms with Crippen LogP contribution in [-0.4, -0.2) is 7.85 Å². The maximum absolute atomic E-state index is 5.77. The molecule has 0 aromatic heterocycles. The summed E-state index contributed by atoms with van der Waals surface area (Å²) in [7, 11) is 5.77. The van der Waals surface area contributed by atoms with Crippen molar-refractivity contribution in [2.24, 2.45) is 0 Å². The number of hydrogen-bond donors (Lipinski definition) is 0. The highest BCUT2D eigenvalue weighted by Crippen LogP contribution is 2.24. The van der Waals surface area contributed by atoms with E-state index in [-0.39, 0.29) is 0 Å². The molecular weight excluding hydrogens is 155 g/mol. The van der Waals surface area contributed by atoms with E-state index in [0.717, 1.165) is 5.46 Å². The molecule has 1 heteroatoms. The van der Waals surface area contributed by atoms with Crippen molar-refractivity contribution in [3.8, 4) is 0 Å². The Kier molecular flexibility index (Phi) is 3.19. The van der Waals surface area contributed by atoms with Crippen molar-refractivity contribution in [3.05, 3.63) is 29.3 Å². The third-order valence-corrected chi connectivity index (χ3v) is 2.35. The van der Waals surface area contributed by atoms with E-state index in [4.69, 9.17) is 7.85 Å². The largest absolute Gasteiger partial charge is 0.113 e. The summed E-state index contributed by atoms with van der Waals surface area (Å²) < 4.78 is 0. The number of rotatable bonds is 2. The van der Waals surface area contributed by atoms with Crippen LogP contribution in [0.5, 0.6) is 0 Å². The van der Waals surface area contributed by atoms with Crippen LogP contribution in [-0.2, 0) is 0 Å². The van der Waals surface area contributed by atoms with Gasteiger partial charge in [0.2, 0.25) is 0 Å². The summed E-state index contributed by atoms with van der Waals surface area (Å²) in [4.78, 5) is 0. The molecule has 68 valence electrons. The molecule has 0 bridgehead atoms. The molecular formula is C12H17B. The zero-order valence-electron chi connectivity index (χ0n) is 8.96. The molecule has 1 aromatic carbocycles. The minimum absolute atomic E-state index is 0.556. The van der Waals surface area contributed by atoms with Crippen molar-refractivity contribution in [3.63, 3.8) is 0 Å². The summed E-state index contributed by atoms with van der Waals surface area (Å²) in [5.74, 6) is 1.14. The maximum Gasteiger partial charge on any atom is 0.113 e. The van der Waals surface area contributed by atoms with Crippen molar-refractivity contribution in [1.82, 2.24) is 0 Å². The van der Waals surface area contributed by atoms with E-state index in [1.165, 1.54) is 11.1 Å². The zero-order valence-corrected chi connectivity index (χ0v) is 8.96. The highest BCUT2D eigenvalue weighted by molar-refractivity contribution is 6.32. The summed E-state index contributed by atoms with van der Waals surface area (Å²) in [6, 6.07) is 6.23. The Morgan fingerprint density at radius 2 is 1.46 bits per heavy atom. The van der Waals surface area contributed by atoms with Crippen LogP contribution in [0.4, 0.5) is 0 Å². The van der Waals surface area contributed by atoms with Gasteiger partial charge in [-0.3, -0.25) is 0 Å². The molecule has 0 amide bonds. The van der Waals surface area contributed by atoms with Gasteiger partial charge in [-0.2, -0.15) is 0 Å². The Labute approximate surface area is 82.8 Å². The predicted molar refractivity (Wildman–Crippen MR) is 60.0 cm³/mol. The highest BCUT2D eigenvalue weighted by atomic mass is 14.1. The molecule has 0 spiro atoms. The lowest BCUT2D eigenvalue weighted by molar-refractivity contribution is 0.791. The molecule has 0 fully saturated rings. The topological polar surface area (TPSA) is 0 Å². The normalized spacial score (nSPS) is 11.2. The molecule has 0 saturated carbocycles. The van der Waals surface area contributed by atoms with Crippen LogP contribution < -0.4 is 5.46 Å². The highest BCUT2D eigenvalue weighted by Gasteiger charge is 2.08. The quantitative estimate of drug-likeness (QED) is 0.601. The lowest BCUT2D eigenvalue weighted by Gasteiger charge is -2.16. The van der Waals surface area contributed by atoms with E-state index >= 15 is 0 Å². The van der Waals surface area contributed by atoms with Gasteiger partial charge in [-0.15, -0.1) is 0 Å². The Hall–Kier alpha value is -0.715. The minimum atomic E-state index is 0.556. The Morgan fingerprint density at radius 3 is 1.92 bits per heavy atom. The van der Waals surface area contributed by atoms with Gasteiger partial charge < -0.3 is 0 Å². The van der Waals surface area contributed by atoms with Crippen LogP contribution in [0.2, 0.25) is 0 Å². The monoisotopic (exact) mass is 172 g/mol. The average molecular weight is 172 g/mol. The summed E-state index contributed by atoms with van der Waals surface area (Å²) in [6.07, 6.45) is 0. The lowest BCUT2D eigenvalue weighted by atomic mass is 9.85. The van der Waals surface area contributed by atoms with Gasteiger partial charge in [-0.05, 0) is 23.0 Å². The van der Waals surface area contributed by atoms with Gasteiger partial charge in [0, 0.05) is 0 Å². The number of benzene rings is 1. The molecule has 0 aliphatic carbocycles. The van der Waals surface area contributed by atoms with Crippen LogP contribution in [0.25, 0.3) is 0 Å². The van der Waals surface area contributed by atoms with Crippen molar-refractivity contribution < 1.29 is 0 Å². The SMILES string of the molecule is [B]c1ccc(C(C)C)c(C(C)C)c1. The van der Waals surface area contributed by atoms with Crippen LogP contribution in [0, 0.1) is 0 Å². The van der Waals surface area contributed by atoms with Crippen LogP contribution in [0.3, 0.4) is 0 Å². The van der Waals surface area contributed by atoms with Crippen LogP contribution in [0.1, 0.15) is 50.7 Å². The van der Waals surface area contributed by atoms with Crippen LogP contribution in [0.15, 0.2) is 18.2 Å². The Balaban J connectivity index is 3.19. The van der Waals surface area contributed by atoms with Gasteiger partial charge in [-0.25, -0.2) is 0 Å². The van der Waals surface area contributed by atoms with Gasteiger partial charge in [-0.1, -0.05) is 51.4 Å². The zero-order chi connectivity index (χ0) is 10.0. The predicted octanol–water partition coefficient (Wildman–Crippen LogP) is 2.73. The molecule has 1 aromatic rings. The Bertz CT molecular complexity index is 287. The van der Waals surface area contributed by atoms with Crippen molar-refractivity contribution in [1.29, 1.82) is 0 Å². The standard InChI is InChI=1S/C12H17B/c1-8(2)11-6-5-10(13)7-12(11)9(3)4/h5-9H,1-4H3. The second-order valence-electron chi connectivity index (χ2n) is 4.20. The lowest BCUT2D eigenvalue weighted by Crippen LogP contribution is -2.08. The fraction of sp³-hybridized carbons (Fsp3) is 0.500. The second-order valence-corrected chi connectivity index (χ2v) is 4.20. The van der Waals surface area contributed by atoms with E-state index in [1.54, 1.807) is 0 Å². The van der Waals surface area contributed by atoms with Gasteiger partial charge in [0.25, 0.3) is 0 Å². The molecule has 0 N–H and O–H groups in total. The summed E-state index contributed by atoms with van der Waals surface area (Å²) >= 11 is 0. The first-order valence-electron chi connectivity index (χ1n) is 4.91. The van der Waals surface area contributed by atoms with Crippen molar-refractivity contribution >= 4 is 13.3 Å². The van der Waals surface area contributed by atoms with Crippen LogP contribution >= 0.6 is 0 Å². The fourth-order valence-corrected chi connectivity index (χ4v) is 1.62. The molecule has 0 saturated heterocycles. The molecule has 0 unspecified atom stereocenters. The third kappa shape index (κ3) is 2.36. The van der Waals surface area contributed by atoms with E-state index in [9.17, 15) is 0 Å². The summed E-state index contributed by atoms with van der Waals surface area (Å²) in [6.45, 7) is 8.86. The first kappa shape index (κ1) is 10.4. The van der Waals surface area contributed by atoms with E-state index < -0.39 is 0 Å². The molecule has 0 atom stereocenters. The fourth-order valence-electron chi connectivity index (χ4n) is 1.62. The van der Waals surface area contributed by atoms with Gasteiger partial charge in [0.15, 0.2) is 0 Å².